The van der Waals surface area contributed by atoms with Crippen molar-refractivity contribution in [2.75, 3.05) is 6.54 Å². The highest BCUT2D eigenvalue weighted by Gasteiger charge is 2.49. The van der Waals surface area contributed by atoms with Crippen LogP contribution in [0, 0.1) is 11.8 Å². The normalized spacial score (nSPS) is 16.1. The Morgan fingerprint density at radius 2 is 1.82 bits per heavy atom. The highest BCUT2D eigenvalue weighted by molar-refractivity contribution is 5.84. The lowest BCUT2D eigenvalue weighted by Gasteiger charge is -2.28. The minimum Gasteiger partial charge on any atom is -0.385 e. The van der Waals surface area contributed by atoms with Gasteiger partial charge in [0.15, 0.2) is 0 Å². The summed E-state index contributed by atoms with van der Waals surface area (Å²) < 4.78 is 27.1. The number of amides is 1. The van der Waals surface area contributed by atoms with E-state index < -0.39 is 24.0 Å². The van der Waals surface area contributed by atoms with E-state index in [0.717, 1.165) is 0 Å². The fourth-order valence-electron chi connectivity index (χ4n) is 1.16. The van der Waals surface area contributed by atoms with Gasteiger partial charge in [0.05, 0.1) is 0 Å². The molecule has 0 fully saturated rings. The zero-order chi connectivity index (χ0) is 13.8. The van der Waals surface area contributed by atoms with E-state index in [1.165, 1.54) is 0 Å². The van der Waals surface area contributed by atoms with E-state index in [2.05, 4.69) is 5.32 Å². The Kier molecular flexibility index (Phi) is 5.98. The van der Waals surface area contributed by atoms with Crippen molar-refractivity contribution in [1.29, 1.82) is 0 Å². The number of carbonyl (C=O) groups excluding carboxylic acids is 1. The van der Waals surface area contributed by atoms with Gasteiger partial charge in [0.2, 0.25) is 0 Å². The molecule has 0 saturated carbocycles. The summed E-state index contributed by atoms with van der Waals surface area (Å²) in [6.45, 7) is 6.92. The minimum absolute atomic E-state index is 0.0608. The summed E-state index contributed by atoms with van der Waals surface area (Å²) in [4.78, 5) is 11.3. The van der Waals surface area contributed by atoms with Gasteiger partial charge >= 0.3 is 5.92 Å². The number of nitrogens with two attached hydrogens (primary N) is 1. The molecular formula is C11H22F2N2O2. The van der Waals surface area contributed by atoms with Crippen LogP contribution in [-0.4, -0.2) is 35.6 Å². The first-order chi connectivity index (χ1) is 7.60. The van der Waals surface area contributed by atoms with Crippen LogP contribution in [0.3, 0.4) is 0 Å². The van der Waals surface area contributed by atoms with Gasteiger partial charge in [-0.2, -0.15) is 8.78 Å². The monoisotopic (exact) mass is 252 g/mol. The molecule has 0 rings (SSSR count). The topological polar surface area (TPSA) is 75.3 Å². The Bertz CT molecular complexity index is 258. The molecule has 0 heterocycles. The van der Waals surface area contributed by atoms with E-state index in [-0.39, 0.29) is 18.4 Å². The average molecular weight is 252 g/mol. The molecule has 1 amide bonds. The highest BCUT2D eigenvalue weighted by Crippen LogP contribution is 2.23. The number of aliphatic hydroxyl groups excluding tert-OH is 1. The van der Waals surface area contributed by atoms with Crippen molar-refractivity contribution in [3.8, 4) is 0 Å². The molecule has 0 aromatic rings. The van der Waals surface area contributed by atoms with E-state index >= 15 is 0 Å². The largest absolute Gasteiger partial charge is 0.385 e. The van der Waals surface area contributed by atoms with E-state index in [1.807, 2.05) is 0 Å². The number of rotatable bonds is 6. The van der Waals surface area contributed by atoms with Gasteiger partial charge in [-0.25, -0.2) is 0 Å². The predicted octanol–water partition coefficient (Wildman–Crippen LogP) is 0.738. The van der Waals surface area contributed by atoms with Crippen LogP contribution in [0.1, 0.15) is 27.7 Å². The van der Waals surface area contributed by atoms with Crippen molar-refractivity contribution < 1.29 is 18.7 Å². The molecule has 4 N–H and O–H groups in total. The van der Waals surface area contributed by atoms with Gasteiger partial charge in [-0.3, -0.25) is 4.79 Å². The molecule has 0 unspecified atom stereocenters. The van der Waals surface area contributed by atoms with Gasteiger partial charge in [0, 0.05) is 12.6 Å². The lowest BCUT2D eigenvalue weighted by molar-refractivity contribution is -0.167. The van der Waals surface area contributed by atoms with Crippen LogP contribution in [0.25, 0.3) is 0 Å². The van der Waals surface area contributed by atoms with Crippen molar-refractivity contribution in [2.24, 2.45) is 17.6 Å². The summed E-state index contributed by atoms with van der Waals surface area (Å²) in [5, 5.41) is 11.5. The van der Waals surface area contributed by atoms with Crippen LogP contribution in [-0.2, 0) is 4.79 Å². The number of carbonyl (C=O) groups is 1. The first kappa shape index (κ1) is 16.2. The molecule has 0 aromatic heterocycles. The summed E-state index contributed by atoms with van der Waals surface area (Å²) in [5.74, 6) is -5.62. The quantitative estimate of drug-likeness (QED) is 0.652. The van der Waals surface area contributed by atoms with Crippen LogP contribution < -0.4 is 11.1 Å². The third-order valence-electron chi connectivity index (χ3n) is 2.48. The Hall–Kier alpha value is -0.750. The summed E-state index contributed by atoms with van der Waals surface area (Å²) in [6.07, 6.45) is -2.17. The van der Waals surface area contributed by atoms with Gasteiger partial charge in [-0.15, -0.1) is 0 Å². The van der Waals surface area contributed by atoms with Crippen LogP contribution in [0.5, 0.6) is 0 Å². The van der Waals surface area contributed by atoms with Gasteiger partial charge in [0.1, 0.15) is 6.10 Å². The average Bonchev–Trinajstić information content (AvgIpc) is 2.23. The fourth-order valence-corrected chi connectivity index (χ4v) is 1.16. The molecule has 0 aliphatic carbocycles. The Morgan fingerprint density at radius 1 is 1.35 bits per heavy atom. The van der Waals surface area contributed by atoms with E-state index in [9.17, 15) is 18.7 Å². The van der Waals surface area contributed by atoms with Crippen LogP contribution in [0.2, 0.25) is 0 Å². The fraction of sp³-hybridized carbons (Fsp3) is 0.909. The predicted molar refractivity (Wildman–Crippen MR) is 61.6 cm³/mol. The maximum Gasteiger partial charge on any atom is 0.351 e. The molecule has 0 aliphatic heterocycles. The molecule has 2 atom stereocenters. The Labute approximate surface area is 101 Å². The number of halogens is 2. The summed E-state index contributed by atoms with van der Waals surface area (Å²) in [5.41, 5.74) is 5.43. The zero-order valence-corrected chi connectivity index (χ0v) is 10.7. The number of hydrogen-bond donors (Lipinski definition) is 3. The molecule has 0 saturated heterocycles. The summed E-state index contributed by atoms with van der Waals surface area (Å²) in [7, 11) is 0. The Balaban J connectivity index is 4.58. The number of alkyl halides is 2. The second-order valence-electron chi connectivity index (χ2n) is 4.99. The van der Waals surface area contributed by atoms with Crippen molar-refractivity contribution in [3.05, 3.63) is 0 Å². The molecule has 0 bridgehead atoms. The second-order valence-corrected chi connectivity index (χ2v) is 4.99. The molecule has 17 heavy (non-hydrogen) atoms. The first-order valence-electron chi connectivity index (χ1n) is 5.70. The van der Waals surface area contributed by atoms with Gasteiger partial charge < -0.3 is 16.2 Å². The van der Waals surface area contributed by atoms with Gasteiger partial charge in [0.25, 0.3) is 5.91 Å². The van der Waals surface area contributed by atoms with Crippen LogP contribution >= 0.6 is 0 Å². The van der Waals surface area contributed by atoms with Crippen molar-refractivity contribution in [2.45, 2.75) is 45.8 Å². The lowest BCUT2D eigenvalue weighted by Crippen LogP contribution is -2.57. The number of aliphatic hydroxyl groups is 1. The number of hydrogen-bond acceptors (Lipinski definition) is 3. The van der Waals surface area contributed by atoms with E-state index in [0.29, 0.717) is 0 Å². The smallest absolute Gasteiger partial charge is 0.351 e. The van der Waals surface area contributed by atoms with E-state index in [1.54, 1.807) is 27.7 Å². The summed E-state index contributed by atoms with van der Waals surface area (Å²) in [6, 6.07) is -1.14. The second kappa shape index (κ2) is 6.26. The first-order valence-corrected chi connectivity index (χ1v) is 5.70. The lowest BCUT2D eigenvalue weighted by atomic mass is 9.95. The SMILES string of the molecule is CC(C)CNC(=O)C(F)(F)[C@H](O)[C@@H](N)C(C)C. The molecule has 0 aromatic carbocycles. The maximum atomic E-state index is 13.5. The van der Waals surface area contributed by atoms with Crippen molar-refractivity contribution in [1.82, 2.24) is 5.32 Å². The molecule has 0 radical (unpaired) electrons. The van der Waals surface area contributed by atoms with Crippen LogP contribution in [0.4, 0.5) is 8.78 Å². The molecule has 102 valence electrons. The summed E-state index contributed by atoms with van der Waals surface area (Å²) >= 11 is 0. The maximum absolute atomic E-state index is 13.5. The Morgan fingerprint density at radius 3 is 2.18 bits per heavy atom. The van der Waals surface area contributed by atoms with Gasteiger partial charge in [-0.1, -0.05) is 27.7 Å². The zero-order valence-electron chi connectivity index (χ0n) is 10.7. The van der Waals surface area contributed by atoms with E-state index in [4.69, 9.17) is 5.73 Å². The van der Waals surface area contributed by atoms with Gasteiger partial charge in [-0.05, 0) is 11.8 Å². The van der Waals surface area contributed by atoms with Crippen molar-refractivity contribution in [3.63, 3.8) is 0 Å². The third kappa shape index (κ3) is 4.55. The third-order valence-corrected chi connectivity index (χ3v) is 2.48. The van der Waals surface area contributed by atoms with Crippen LogP contribution in [0.15, 0.2) is 0 Å². The molecular weight excluding hydrogens is 230 g/mol. The molecule has 4 nitrogen and oxygen atoms in total. The molecule has 0 aliphatic rings. The van der Waals surface area contributed by atoms with Crippen molar-refractivity contribution >= 4 is 5.91 Å². The number of nitrogens with one attached hydrogen (secondary N) is 1. The molecule has 6 heteroatoms. The highest BCUT2D eigenvalue weighted by atomic mass is 19.3. The molecule has 0 spiro atoms. The minimum atomic E-state index is -3.86. The standard InChI is InChI=1S/C11H22F2N2O2/c1-6(2)5-15-10(17)11(12,13)9(16)8(14)7(3)4/h6-9,16H,5,14H2,1-4H3,(H,15,17)/t8-,9+/m0/s1.